The SMILES string of the molecule is C[C@@H]1[C@H]2COc3ccccc3[C@@H]2C(C#N)=C2Oc3ccccc3N21. The maximum atomic E-state index is 9.91. The van der Waals surface area contributed by atoms with Crippen molar-refractivity contribution in [1.82, 2.24) is 0 Å². The van der Waals surface area contributed by atoms with Gasteiger partial charge in [0.25, 0.3) is 0 Å². The molecule has 0 saturated carbocycles. The van der Waals surface area contributed by atoms with Crippen LogP contribution in [0.2, 0.25) is 0 Å². The zero-order valence-corrected chi connectivity index (χ0v) is 13.3. The summed E-state index contributed by atoms with van der Waals surface area (Å²) in [4.78, 5) is 2.16. The molecule has 118 valence electrons. The van der Waals surface area contributed by atoms with Crippen molar-refractivity contribution in [3.05, 3.63) is 65.6 Å². The maximum absolute atomic E-state index is 9.91. The Morgan fingerprint density at radius 1 is 1.08 bits per heavy atom. The van der Waals surface area contributed by atoms with Gasteiger partial charge in [0.05, 0.1) is 17.9 Å². The number of hydrogen-bond donors (Lipinski definition) is 0. The minimum atomic E-state index is 0.0236. The third kappa shape index (κ3) is 1.62. The Kier molecular flexibility index (Phi) is 2.69. The Morgan fingerprint density at radius 2 is 1.83 bits per heavy atom. The second kappa shape index (κ2) is 4.78. The minimum Gasteiger partial charge on any atom is -0.493 e. The molecule has 3 heterocycles. The molecular formula is C20H16N2O2. The van der Waals surface area contributed by atoms with Crippen molar-refractivity contribution in [2.24, 2.45) is 5.92 Å². The van der Waals surface area contributed by atoms with Crippen molar-refractivity contribution in [2.45, 2.75) is 18.9 Å². The fraction of sp³-hybridized carbons (Fsp3) is 0.250. The molecule has 0 spiro atoms. The van der Waals surface area contributed by atoms with Crippen LogP contribution in [0.15, 0.2) is 60.0 Å². The molecule has 3 atom stereocenters. The molecule has 0 amide bonds. The lowest BCUT2D eigenvalue weighted by Crippen LogP contribution is -2.48. The summed E-state index contributed by atoms with van der Waals surface area (Å²) >= 11 is 0. The van der Waals surface area contributed by atoms with E-state index in [1.54, 1.807) is 0 Å². The highest BCUT2D eigenvalue weighted by molar-refractivity contribution is 5.70. The van der Waals surface area contributed by atoms with Crippen molar-refractivity contribution in [3.63, 3.8) is 0 Å². The zero-order valence-electron chi connectivity index (χ0n) is 13.3. The molecule has 3 aliphatic rings. The van der Waals surface area contributed by atoms with Gasteiger partial charge in [0.1, 0.15) is 11.8 Å². The number of ether oxygens (including phenoxy) is 2. The van der Waals surface area contributed by atoms with Crippen molar-refractivity contribution in [1.29, 1.82) is 5.26 Å². The van der Waals surface area contributed by atoms with Crippen LogP contribution in [0, 0.1) is 17.2 Å². The Balaban J connectivity index is 1.74. The van der Waals surface area contributed by atoms with Gasteiger partial charge in [0, 0.05) is 23.4 Å². The maximum Gasteiger partial charge on any atom is 0.215 e. The smallest absolute Gasteiger partial charge is 0.215 e. The number of rotatable bonds is 0. The average molecular weight is 316 g/mol. The predicted octanol–water partition coefficient (Wildman–Crippen LogP) is 3.82. The Bertz CT molecular complexity index is 912. The van der Waals surface area contributed by atoms with Crippen LogP contribution in [-0.4, -0.2) is 12.6 Å². The second-order valence-electron chi connectivity index (χ2n) is 6.50. The number of fused-ring (bicyclic) bond motifs is 6. The van der Waals surface area contributed by atoms with Crippen molar-refractivity contribution in [3.8, 4) is 17.6 Å². The molecule has 2 aromatic rings. The summed E-state index contributed by atoms with van der Waals surface area (Å²) in [5.41, 5.74) is 2.82. The van der Waals surface area contributed by atoms with Crippen LogP contribution in [0.25, 0.3) is 0 Å². The predicted molar refractivity (Wildman–Crippen MR) is 89.8 cm³/mol. The van der Waals surface area contributed by atoms with Crippen LogP contribution in [0.5, 0.6) is 11.5 Å². The quantitative estimate of drug-likeness (QED) is 0.741. The van der Waals surface area contributed by atoms with E-state index >= 15 is 0 Å². The van der Waals surface area contributed by atoms with E-state index in [4.69, 9.17) is 9.47 Å². The summed E-state index contributed by atoms with van der Waals surface area (Å²) < 4.78 is 12.1. The first-order valence-electron chi connectivity index (χ1n) is 8.21. The molecule has 0 bridgehead atoms. The van der Waals surface area contributed by atoms with E-state index in [1.807, 2.05) is 42.5 Å². The lowest BCUT2D eigenvalue weighted by atomic mass is 9.73. The summed E-state index contributed by atoms with van der Waals surface area (Å²) in [5, 5.41) is 9.91. The first kappa shape index (κ1) is 13.5. The normalized spacial score (nSPS) is 26.3. The van der Waals surface area contributed by atoms with E-state index in [9.17, 15) is 5.26 Å². The molecule has 3 aliphatic heterocycles. The average Bonchev–Trinajstić information content (AvgIpc) is 3.01. The largest absolute Gasteiger partial charge is 0.493 e. The van der Waals surface area contributed by atoms with Crippen LogP contribution in [0.1, 0.15) is 18.4 Å². The van der Waals surface area contributed by atoms with Gasteiger partial charge in [-0.2, -0.15) is 5.26 Å². The number of anilines is 1. The molecule has 0 radical (unpaired) electrons. The van der Waals surface area contributed by atoms with E-state index < -0.39 is 0 Å². The number of nitrogens with zero attached hydrogens (tertiary/aromatic N) is 2. The van der Waals surface area contributed by atoms with E-state index in [0.717, 1.165) is 22.7 Å². The number of nitriles is 1. The third-order valence-corrected chi connectivity index (χ3v) is 5.35. The van der Waals surface area contributed by atoms with Gasteiger partial charge in [-0.15, -0.1) is 0 Å². The number of hydrogen-bond acceptors (Lipinski definition) is 4. The molecule has 4 heteroatoms. The zero-order chi connectivity index (χ0) is 16.3. The highest BCUT2D eigenvalue weighted by Crippen LogP contribution is 2.53. The summed E-state index contributed by atoms with van der Waals surface area (Å²) in [6.07, 6.45) is 0. The van der Waals surface area contributed by atoms with Gasteiger partial charge >= 0.3 is 0 Å². The number of para-hydroxylation sites is 3. The van der Waals surface area contributed by atoms with Gasteiger partial charge in [0.2, 0.25) is 5.88 Å². The Labute approximate surface area is 140 Å². The van der Waals surface area contributed by atoms with Gasteiger partial charge < -0.3 is 14.4 Å². The number of benzene rings is 2. The number of allylic oxidation sites excluding steroid dienone is 1. The molecule has 0 saturated heterocycles. The van der Waals surface area contributed by atoms with Crippen LogP contribution in [-0.2, 0) is 0 Å². The molecule has 0 aromatic heterocycles. The summed E-state index contributed by atoms with van der Waals surface area (Å²) in [5.74, 6) is 2.62. The fourth-order valence-electron chi connectivity index (χ4n) is 4.21. The molecule has 24 heavy (non-hydrogen) atoms. The van der Waals surface area contributed by atoms with Gasteiger partial charge in [-0.3, -0.25) is 0 Å². The monoisotopic (exact) mass is 316 g/mol. The van der Waals surface area contributed by atoms with Crippen LogP contribution in [0.4, 0.5) is 5.69 Å². The molecule has 4 nitrogen and oxygen atoms in total. The summed E-state index contributed by atoms with van der Waals surface area (Å²) in [6.45, 7) is 2.80. The van der Waals surface area contributed by atoms with Crippen molar-refractivity contribution >= 4 is 5.69 Å². The first-order valence-corrected chi connectivity index (χ1v) is 8.21. The lowest BCUT2D eigenvalue weighted by molar-refractivity contribution is 0.172. The van der Waals surface area contributed by atoms with E-state index in [-0.39, 0.29) is 17.9 Å². The van der Waals surface area contributed by atoms with Crippen molar-refractivity contribution in [2.75, 3.05) is 11.5 Å². The fourth-order valence-corrected chi connectivity index (χ4v) is 4.21. The molecule has 0 unspecified atom stereocenters. The first-order chi connectivity index (χ1) is 11.8. The summed E-state index contributed by atoms with van der Waals surface area (Å²) in [6, 6.07) is 18.6. The van der Waals surface area contributed by atoms with E-state index in [2.05, 4.69) is 24.0 Å². The van der Waals surface area contributed by atoms with Crippen LogP contribution < -0.4 is 14.4 Å². The van der Waals surface area contributed by atoms with E-state index in [0.29, 0.717) is 18.1 Å². The standard InChI is InChI=1S/C20H16N2O2/c1-12-15-11-23-17-8-4-2-6-13(17)19(15)14(10-21)20-22(12)16-7-3-5-9-18(16)24-20/h2-9,12,15,19H,11H2,1H3/t12-,15-,19-/m1/s1. The van der Waals surface area contributed by atoms with Gasteiger partial charge in [-0.25, -0.2) is 0 Å². The van der Waals surface area contributed by atoms with Gasteiger partial charge in [0.15, 0.2) is 5.75 Å². The second-order valence-corrected chi connectivity index (χ2v) is 6.50. The minimum absolute atomic E-state index is 0.0236. The highest BCUT2D eigenvalue weighted by Gasteiger charge is 2.49. The Hall–Kier alpha value is -2.93. The molecule has 2 aromatic carbocycles. The topological polar surface area (TPSA) is 45.5 Å². The van der Waals surface area contributed by atoms with Crippen molar-refractivity contribution < 1.29 is 9.47 Å². The highest BCUT2D eigenvalue weighted by atomic mass is 16.5. The third-order valence-electron chi connectivity index (χ3n) is 5.35. The van der Waals surface area contributed by atoms with E-state index in [1.165, 1.54) is 0 Å². The molecule has 0 fully saturated rings. The molecule has 5 rings (SSSR count). The Morgan fingerprint density at radius 3 is 2.67 bits per heavy atom. The van der Waals surface area contributed by atoms with Crippen LogP contribution in [0.3, 0.4) is 0 Å². The summed E-state index contributed by atoms with van der Waals surface area (Å²) in [7, 11) is 0. The lowest BCUT2D eigenvalue weighted by Gasteiger charge is -2.44. The molecule has 0 aliphatic carbocycles. The van der Waals surface area contributed by atoms with Gasteiger partial charge in [-0.1, -0.05) is 30.3 Å². The molecule has 0 N–H and O–H groups in total. The van der Waals surface area contributed by atoms with Gasteiger partial charge in [-0.05, 0) is 25.1 Å². The molecular weight excluding hydrogens is 300 g/mol. The van der Waals surface area contributed by atoms with Crippen LogP contribution >= 0.6 is 0 Å².